The van der Waals surface area contributed by atoms with Crippen molar-refractivity contribution >= 4 is 23.1 Å². The van der Waals surface area contributed by atoms with Crippen molar-refractivity contribution in [3.05, 3.63) is 48.2 Å². The van der Waals surface area contributed by atoms with Crippen LogP contribution in [0.4, 0.5) is 17.2 Å². The van der Waals surface area contributed by atoms with Crippen molar-refractivity contribution in [1.82, 2.24) is 10.3 Å². The molecule has 1 heterocycles. The lowest BCUT2D eigenvalue weighted by Crippen LogP contribution is -2.18. The van der Waals surface area contributed by atoms with Crippen molar-refractivity contribution in [2.45, 2.75) is 0 Å². The van der Waals surface area contributed by atoms with E-state index in [2.05, 4.69) is 15.6 Å². The monoisotopic (exact) mass is 242 g/mol. The molecule has 0 aliphatic heterocycles. The Morgan fingerprint density at radius 1 is 1.28 bits per heavy atom. The fourth-order valence-electron chi connectivity index (χ4n) is 1.51. The lowest BCUT2D eigenvalue weighted by atomic mass is 10.2. The Bertz CT molecular complexity index is 554. The number of carbonyl (C=O) groups is 1. The number of pyridine rings is 1. The van der Waals surface area contributed by atoms with Gasteiger partial charge in [0.25, 0.3) is 5.91 Å². The molecule has 0 saturated carbocycles. The number of carbonyl (C=O) groups excluding carboxylic acids is 1. The van der Waals surface area contributed by atoms with Gasteiger partial charge < -0.3 is 16.4 Å². The molecule has 1 aromatic carbocycles. The first-order valence-electron chi connectivity index (χ1n) is 5.50. The standard InChI is InChI=1S/C13H14N4O/c1-15-13(18)9-7-11(14)12(16-8-9)17-10-5-3-2-4-6-10/h2-8H,14H2,1H3,(H,15,18)(H,16,17). The highest BCUT2D eigenvalue weighted by Gasteiger charge is 2.07. The van der Waals surface area contributed by atoms with E-state index in [0.29, 0.717) is 17.1 Å². The third kappa shape index (κ3) is 2.57. The maximum absolute atomic E-state index is 11.4. The molecule has 0 atom stereocenters. The van der Waals surface area contributed by atoms with E-state index in [9.17, 15) is 4.79 Å². The molecule has 18 heavy (non-hydrogen) atoms. The zero-order chi connectivity index (χ0) is 13.0. The molecule has 1 aromatic heterocycles. The van der Waals surface area contributed by atoms with Crippen molar-refractivity contribution in [1.29, 1.82) is 0 Å². The number of aromatic nitrogens is 1. The van der Waals surface area contributed by atoms with Crippen molar-refractivity contribution in [3.8, 4) is 0 Å². The van der Waals surface area contributed by atoms with Gasteiger partial charge in [0.15, 0.2) is 5.82 Å². The number of nitrogens with one attached hydrogen (secondary N) is 2. The normalized spacial score (nSPS) is 9.83. The fraction of sp³-hybridized carbons (Fsp3) is 0.0769. The third-order valence-electron chi connectivity index (χ3n) is 2.44. The average Bonchev–Trinajstić information content (AvgIpc) is 2.41. The van der Waals surface area contributed by atoms with E-state index in [-0.39, 0.29) is 5.91 Å². The van der Waals surface area contributed by atoms with Gasteiger partial charge in [-0.05, 0) is 18.2 Å². The number of amides is 1. The van der Waals surface area contributed by atoms with Crippen LogP contribution in [0.1, 0.15) is 10.4 Å². The molecule has 0 radical (unpaired) electrons. The second kappa shape index (κ2) is 5.18. The second-order valence-corrected chi connectivity index (χ2v) is 3.73. The van der Waals surface area contributed by atoms with Gasteiger partial charge in [-0.2, -0.15) is 0 Å². The van der Waals surface area contributed by atoms with E-state index in [4.69, 9.17) is 5.73 Å². The van der Waals surface area contributed by atoms with Crippen molar-refractivity contribution in [3.63, 3.8) is 0 Å². The summed E-state index contributed by atoms with van der Waals surface area (Å²) in [4.78, 5) is 15.6. The number of nitrogens with two attached hydrogens (primary N) is 1. The first kappa shape index (κ1) is 11.9. The maximum atomic E-state index is 11.4. The van der Waals surface area contributed by atoms with Gasteiger partial charge in [0.05, 0.1) is 11.3 Å². The van der Waals surface area contributed by atoms with Crippen molar-refractivity contribution in [2.24, 2.45) is 0 Å². The number of nitrogens with zero attached hydrogens (tertiary/aromatic N) is 1. The minimum absolute atomic E-state index is 0.208. The molecule has 92 valence electrons. The van der Waals surface area contributed by atoms with Gasteiger partial charge >= 0.3 is 0 Å². The van der Waals surface area contributed by atoms with Crippen LogP contribution >= 0.6 is 0 Å². The molecule has 0 aliphatic carbocycles. The van der Waals surface area contributed by atoms with Crippen LogP contribution in [0.5, 0.6) is 0 Å². The molecular weight excluding hydrogens is 228 g/mol. The number of rotatable bonds is 3. The quantitative estimate of drug-likeness (QED) is 0.766. The molecular formula is C13H14N4O. The summed E-state index contributed by atoms with van der Waals surface area (Å²) in [5.74, 6) is 0.328. The summed E-state index contributed by atoms with van der Waals surface area (Å²) >= 11 is 0. The minimum Gasteiger partial charge on any atom is -0.396 e. The van der Waals surface area contributed by atoms with Gasteiger partial charge in [0.1, 0.15) is 0 Å². The van der Waals surface area contributed by atoms with Crippen LogP contribution in [-0.4, -0.2) is 17.9 Å². The van der Waals surface area contributed by atoms with E-state index in [1.54, 1.807) is 13.1 Å². The second-order valence-electron chi connectivity index (χ2n) is 3.73. The third-order valence-corrected chi connectivity index (χ3v) is 2.44. The predicted octanol–water partition coefficient (Wildman–Crippen LogP) is 1.77. The summed E-state index contributed by atoms with van der Waals surface area (Å²) in [5, 5.41) is 5.61. The van der Waals surface area contributed by atoms with Crippen LogP contribution in [0.25, 0.3) is 0 Å². The highest BCUT2D eigenvalue weighted by atomic mass is 16.1. The van der Waals surface area contributed by atoms with Gasteiger partial charge in [-0.25, -0.2) is 4.98 Å². The predicted molar refractivity (Wildman–Crippen MR) is 71.8 cm³/mol. The van der Waals surface area contributed by atoms with E-state index < -0.39 is 0 Å². The Morgan fingerprint density at radius 2 is 2.00 bits per heavy atom. The van der Waals surface area contributed by atoms with Gasteiger partial charge in [-0.15, -0.1) is 0 Å². The number of nitrogen functional groups attached to an aromatic ring is 1. The molecule has 0 aliphatic rings. The Morgan fingerprint density at radius 3 is 2.61 bits per heavy atom. The van der Waals surface area contributed by atoms with E-state index in [1.807, 2.05) is 30.3 Å². The van der Waals surface area contributed by atoms with Crippen LogP contribution in [0, 0.1) is 0 Å². The van der Waals surface area contributed by atoms with E-state index in [0.717, 1.165) is 5.69 Å². The van der Waals surface area contributed by atoms with Crippen LogP contribution in [0.2, 0.25) is 0 Å². The highest BCUT2D eigenvalue weighted by molar-refractivity contribution is 5.95. The maximum Gasteiger partial charge on any atom is 0.252 e. The first-order chi connectivity index (χ1) is 8.70. The zero-order valence-electron chi connectivity index (χ0n) is 9.97. The van der Waals surface area contributed by atoms with Gasteiger partial charge in [0, 0.05) is 18.9 Å². The molecule has 2 rings (SSSR count). The molecule has 2 aromatic rings. The lowest BCUT2D eigenvalue weighted by Gasteiger charge is -2.09. The number of benzene rings is 1. The largest absolute Gasteiger partial charge is 0.396 e. The van der Waals surface area contributed by atoms with Crippen molar-refractivity contribution < 1.29 is 4.79 Å². The topological polar surface area (TPSA) is 80.0 Å². The summed E-state index contributed by atoms with van der Waals surface area (Å²) in [6, 6.07) is 11.2. The minimum atomic E-state index is -0.208. The number of hydrogen-bond acceptors (Lipinski definition) is 4. The van der Waals surface area contributed by atoms with Gasteiger partial charge in [0.2, 0.25) is 0 Å². The molecule has 5 heteroatoms. The van der Waals surface area contributed by atoms with Crippen LogP contribution in [0.3, 0.4) is 0 Å². The molecule has 0 fully saturated rings. The molecule has 1 amide bonds. The lowest BCUT2D eigenvalue weighted by molar-refractivity contribution is 0.0963. The van der Waals surface area contributed by atoms with Gasteiger partial charge in [-0.3, -0.25) is 4.79 Å². The Labute approximate surface area is 105 Å². The smallest absolute Gasteiger partial charge is 0.252 e. The Balaban J connectivity index is 2.23. The summed E-state index contributed by atoms with van der Waals surface area (Å²) < 4.78 is 0. The first-order valence-corrected chi connectivity index (χ1v) is 5.50. The summed E-state index contributed by atoms with van der Waals surface area (Å²) in [6.07, 6.45) is 1.49. The molecule has 0 saturated heterocycles. The van der Waals surface area contributed by atoms with Crippen LogP contribution < -0.4 is 16.4 Å². The molecule has 0 bridgehead atoms. The highest BCUT2D eigenvalue weighted by Crippen LogP contribution is 2.21. The average molecular weight is 242 g/mol. The van der Waals surface area contributed by atoms with Crippen LogP contribution in [-0.2, 0) is 0 Å². The summed E-state index contributed by atoms with van der Waals surface area (Å²) in [6.45, 7) is 0. The van der Waals surface area contributed by atoms with Crippen LogP contribution in [0.15, 0.2) is 42.6 Å². The van der Waals surface area contributed by atoms with E-state index >= 15 is 0 Å². The fourth-order valence-corrected chi connectivity index (χ4v) is 1.51. The zero-order valence-corrected chi connectivity index (χ0v) is 9.97. The molecule has 5 nitrogen and oxygen atoms in total. The summed E-state index contributed by atoms with van der Waals surface area (Å²) in [5.41, 5.74) is 7.62. The van der Waals surface area contributed by atoms with Crippen molar-refractivity contribution in [2.75, 3.05) is 18.1 Å². The Kier molecular flexibility index (Phi) is 3.43. The molecule has 0 unspecified atom stereocenters. The number of para-hydroxylation sites is 1. The number of anilines is 3. The Hall–Kier alpha value is -2.56. The van der Waals surface area contributed by atoms with Gasteiger partial charge in [-0.1, -0.05) is 18.2 Å². The molecule has 4 N–H and O–H groups in total. The number of hydrogen-bond donors (Lipinski definition) is 3. The van der Waals surface area contributed by atoms with E-state index in [1.165, 1.54) is 6.20 Å². The molecule has 0 spiro atoms. The SMILES string of the molecule is CNC(=O)c1cnc(Nc2ccccc2)c(N)c1. The summed E-state index contributed by atoms with van der Waals surface area (Å²) in [7, 11) is 1.56.